The Labute approximate surface area is 241 Å². The summed E-state index contributed by atoms with van der Waals surface area (Å²) in [5.74, 6) is -0.842. The van der Waals surface area contributed by atoms with E-state index < -0.39 is 44.9 Å². The van der Waals surface area contributed by atoms with Crippen LogP contribution in [-0.2, 0) is 21.1 Å². The van der Waals surface area contributed by atoms with E-state index in [2.05, 4.69) is 10.6 Å². The molecule has 0 heterocycles. The van der Waals surface area contributed by atoms with Gasteiger partial charge in [-0.1, -0.05) is 66.7 Å². The van der Waals surface area contributed by atoms with Gasteiger partial charge in [-0.15, -0.1) is 23.2 Å². The van der Waals surface area contributed by atoms with E-state index in [4.69, 9.17) is 23.2 Å². The summed E-state index contributed by atoms with van der Waals surface area (Å²) in [6, 6.07) is 17.6. The number of carbonyl (C=O) groups is 1. The SMILES string of the molecule is CS(=O)(=O)c1ccc(-c2ccc([C@H](NC(CC(Cl)Cl)C(=O)NC(C#N)Cc3ccccc3)C(F)(F)F)cc2)cc1. The van der Waals surface area contributed by atoms with Crippen LogP contribution in [0.15, 0.2) is 83.8 Å². The first-order valence-electron chi connectivity index (χ1n) is 12.0. The fourth-order valence-electron chi connectivity index (χ4n) is 4.02. The Kier molecular flexibility index (Phi) is 10.6. The van der Waals surface area contributed by atoms with Gasteiger partial charge >= 0.3 is 6.18 Å². The molecule has 0 spiro atoms. The molecule has 0 aliphatic rings. The number of hydrogen-bond acceptors (Lipinski definition) is 5. The van der Waals surface area contributed by atoms with Crippen LogP contribution in [0, 0.1) is 11.3 Å². The van der Waals surface area contributed by atoms with E-state index in [1.165, 1.54) is 36.4 Å². The van der Waals surface area contributed by atoms with E-state index >= 15 is 0 Å². The van der Waals surface area contributed by atoms with Crippen LogP contribution < -0.4 is 10.6 Å². The number of amides is 1. The van der Waals surface area contributed by atoms with Gasteiger partial charge in [-0.25, -0.2) is 8.42 Å². The molecule has 2 unspecified atom stereocenters. The number of nitrogens with zero attached hydrogens (tertiary/aromatic N) is 1. The van der Waals surface area contributed by atoms with Crippen LogP contribution in [0.1, 0.15) is 23.6 Å². The van der Waals surface area contributed by atoms with E-state index in [-0.39, 0.29) is 23.3 Å². The lowest BCUT2D eigenvalue weighted by Gasteiger charge is -2.28. The smallest absolute Gasteiger partial charge is 0.339 e. The number of nitriles is 1. The number of hydrogen-bond donors (Lipinski definition) is 2. The van der Waals surface area contributed by atoms with Gasteiger partial charge in [0.2, 0.25) is 5.91 Å². The first-order valence-corrected chi connectivity index (χ1v) is 14.8. The van der Waals surface area contributed by atoms with Crippen LogP contribution in [-0.4, -0.2) is 43.7 Å². The second-order valence-corrected chi connectivity index (χ2v) is 12.4. The van der Waals surface area contributed by atoms with Crippen molar-refractivity contribution in [1.29, 1.82) is 5.26 Å². The number of benzene rings is 3. The minimum absolute atomic E-state index is 0.123. The van der Waals surface area contributed by atoms with E-state index in [9.17, 15) is 31.6 Å². The Balaban J connectivity index is 1.81. The number of carbonyl (C=O) groups excluding carboxylic acids is 1. The minimum atomic E-state index is -4.79. The molecule has 12 heteroatoms. The van der Waals surface area contributed by atoms with Crippen LogP contribution in [0.5, 0.6) is 0 Å². The van der Waals surface area contributed by atoms with Crippen molar-refractivity contribution in [2.45, 2.75) is 46.9 Å². The molecule has 40 heavy (non-hydrogen) atoms. The predicted octanol–water partition coefficient (Wildman–Crippen LogP) is 5.76. The maximum atomic E-state index is 14.2. The standard InChI is InChI=1S/C28H26Cl2F3N3O3S/c1-40(38,39)23-13-11-20(12-14-23)19-7-9-21(10-8-19)26(28(31,32)33)36-24(16-25(29)30)27(37)35-22(17-34)15-18-5-3-2-4-6-18/h2-14,22,24-26,36H,15-16H2,1H3,(H,35,37)/t22?,24?,26-/m0/s1. The molecule has 3 atom stereocenters. The highest BCUT2D eigenvalue weighted by molar-refractivity contribution is 7.90. The van der Waals surface area contributed by atoms with Gasteiger partial charge in [-0.3, -0.25) is 10.1 Å². The van der Waals surface area contributed by atoms with Crippen LogP contribution in [0.2, 0.25) is 0 Å². The number of alkyl halides is 5. The molecule has 0 saturated heterocycles. The summed E-state index contributed by atoms with van der Waals surface area (Å²) in [6.45, 7) is 0. The summed E-state index contributed by atoms with van der Waals surface area (Å²) < 4.78 is 65.9. The third-order valence-corrected chi connectivity index (χ3v) is 7.53. The van der Waals surface area contributed by atoms with Crippen molar-refractivity contribution >= 4 is 38.9 Å². The maximum absolute atomic E-state index is 14.2. The average molecular weight is 613 g/mol. The topological polar surface area (TPSA) is 99.1 Å². The molecule has 0 aliphatic carbocycles. The Morgan fingerprint density at radius 2 is 1.50 bits per heavy atom. The van der Waals surface area contributed by atoms with Gasteiger partial charge in [-0.05, 0) is 34.4 Å². The molecule has 0 bridgehead atoms. The van der Waals surface area contributed by atoms with Crippen molar-refractivity contribution in [3.8, 4) is 17.2 Å². The first kappa shape index (κ1) is 31.4. The van der Waals surface area contributed by atoms with Gasteiger partial charge in [0.25, 0.3) is 0 Å². The number of sulfone groups is 1. The summed E-state index contributed by atoms with van der Waals surface area (Å²) in [7, 11) is -3.39. The predicted molar refractivity (Wildman–Crippen MR) is 149 cm³/mol. The lowest BCUT2D eigenvalue weighted by atomic mass is 9.99. The van der Waals surface area contributed by atoms with Gasteiger partial charge < -0.3 is 5.32 Å². The van der Waals surface area contributed by atoms with Crippen LogP contribution in [0.3, 0.4) is 0 Å². The minimum Gasteiger partial charge on any atom is -0.339 e. The van der Waals surface area contributed by atoms with Crippen molar-refractivity contribution in [2.75, 3.05) is 6.26 Å². The highest BCUT2D eigenvalue weighted by Crippen LogP contribution is 2.35. The summed E-state index contributed by atoms with van der Waals surface area (Å²) in [5.41, 5.74) is 1.79. The molecule has 0 saturated carbocycles. The van der Waals surface area contributed by atoms with Crippen LogP contribution in [0.4, 0.5) is 13.2 Å². The van der Waals surface area contributed by atoms with Crippen LogP contribution in [0.25, 0.3) is 11.1 Å². The Bertz CT molecular complexity index is 1430. The molecule has 0 aromatic heterocycles. The quantitative estimate of drug-likeness (QED) is 0.268. The maximum Gasteiger partial charge on any atom is 0.407 e. The molecule has 212 valence electrons. The zero-order chi connectivity index (χ0) is 29.5. The molecule has 3 aromatic rings. The molecule has 2 N–H and O–H groups in total. The lowest BCUT2D eigenvalue weighted by molar-refractivity contribution is -0.161. The summed E-state index contributed by atoms with van der Waals surface area (Å²) in [6.07, 6.45) is -3.88. The third kappa shape index (κ3) is 8.96. The lowest BCUT2D eigenvalue weighted by Crippen LogP contribution is -2.52. The number of rotatable bonds is 11. The summed E-state index contributed by atoms with van der Waals surface area (Å²) in [4.78, 5) is 12.0. The summed E-state index contributed by atoms with van der Waals surface area (Å²) >= 11 is 11.7. The molecule has 6 nitrogen and oxygen atoms in total. The third-order valence-electron chi connectivity index (χ3n) is 6.04. The normalized spacial score (nSPS) is 14.2. The molecule has 0 fully saturated rings. The zero-order valence-electron chi connectivity index (χ0n) is 21.2. The molecular weight excluding hydrogens is 586 g/mol. The Hall–Kier alpha value is -3.10. The van der Waals surface area contributed by atoms with Crippen molar-refractivity contribution < 1.29 is 26.4 Å². The number of halogens is 5. The second-order valence-electron chi connectivity index (χ2n) is 9.12. The van der Waals surface area contributed by atoms with Gasteiger partial charge in [0.15, 0.2) is 9.84 Å². The van der Waals surface area contributed by atoms with Crippen molar-refractivity contribution in [1.82, 2.24) is 10.6 Å². The van der Waals surface area contributed by atoms with E-state index in [0.717, 1.165) is 11.8 Å². The van der Waals surface area contributed by atoms with Crippen molar-refractivity contribution in [2.24, 2.45) is 0 Å². The fourth-order valence-corrected chi connectivity index (χ4v) is 5.01. The Morgan fingerprint density at radius 1 is 0.950 bits per heavy atom. The monoisotopic (exact) mass is 611 g/mol. The Morgan fingerprint density at radius 3 is 1.98 bits per heavy atom. The van der Waals surface area contributed by atoms with E-state index in [1.807, 2.05) is 6.07 Å². The summed E-state index contributed by atoms with van der Waals surface area (Å²) in [5, 5.41) is 14.3. The highest BCUT2D eigenvalue weighted by atomic mass is 35.5. The second kappa shape index (κ2) is 13.5. The van der Waals surface area contributed by atoms with Crippen LogP contribution >= 0.6 is 23.2 Å². The van der Waals surface area contributed by atoms with E-state index in [1.54, 1.807) is 42.5 Å². The largest absolute Gasteiger partial charge is 0.407 e. The molecule has 0 radical (unpaired) electrons. The van der Waals surface area contributed by atoms with Gasteiger partial charge in [0.1, 0.15) is 16.9 Å². The van der Waals surface area contributed by atoms with E-state index in [0.29, 0.717) is 11.1 Å². The highest BCUT2D eigenvalue weighted by Gasteiger charge is 2.43. The zero-order valence-corrected chi connectivity index (χ0v) is 23.5. The van der Waals surface area contributed by atoms with Gasteiger partial charge in [0, 0.05) is 19.1 Å². The number of nitrogens with one attached hydrogen (secondary N) is 2. The van der Waals surface area contributed by atoms with Gasteiger partial charge in [0.05, 0.1) is 17.0 Å². The molecule has 3 rings (SSSR count). The van der Waals surface area contributed by atoms with Crippen molar-refractivity contribution in [3.63, 3.8) is 0 Å². The fraction of sp³-hybridized carbons (Fsp3) is 0.286. The average Bonchev–Trinajstić information content (AvgIpc) is 2.90. The molecular formula is C28H26Cl2F3N3O3S. The van der Waals surface area contributed by atoms with Gasteiger partial charge in [-0.2, -0.15) is 18.4 Å². The molecule has 0 aliphatic heterocycles. The van der Waals surface area contributed by atoms with Crippen molar-refractivity contribution in [3.05, 3.63) is 90.0 Å². The first-order chi connectivity index (χ1) is 18.8. The molecule has 3 aromatic carbocycles. The molecule has 1 amide bonds.